The highest BCUT2D eigenvalue weighted by atomic mass is 16.3. The molecule has 3 amide bonds. The van der Waals surface area contributed by atoms with Crippen LogP contribution in [0.25, 0.3) is 0 Å². The molecule has 0 spiro atoms. The van der Waals surface area contributed by atoms with Crippen molar-refractivity contribution >= 4 is 17.6 Å². The van der Waals surface area contributed by atoms with Crippen LogP contribution in [0.15, 0.2) is 84.9 Å². The van der Waals surface area contributed by atoms with E-state index in [4.69, 9.17) is 0 Å². The largest absolute Gasteiger partial charge is 0.390 e. The molecule has 0 aromatic heterocycles. The quantitative estimate of drug-likeness (QED) is 0.489. The van der Waals surface area contributed by atoms with Gasteiger partial charge in [-0.3, -0.25) is 14.6 Å². The molecule has 3 aromatic carbocycles. The second kappa shape index (κ2) is 10.4. The number of nitriles is 1. The molecule has 2 N–H and O–H groups in total. The monoisotopic (exact) mass is 495 g/mol. The molecule has 1 unspecified atom stereocenters. The third-order valence-electron chi connectivity index (χ3n) is 7.12. The van der Waals surface area contributed by atoms with Crippen molar-refractivity contribution in [3.8, 4) is 6.07 Å². The Labute approximate surface area is 216 Å². The number of aliphatic hydroxyl groups excluding tert-OH is 1. The van der Waals surface area contributed by atoms with Gasteiger partial charge in [-0.05, 0) is 23.3 Å². The van der Waals surface area contributed by atoms with Gasteiger partial charge in [0.1, 0.15) is 6.07 Å². The predicted molar refractivity (Wildman–Crippen MR) is 140 cm³/mol. The van der Waals surface area contributed by atoms with Gasteiger partial charge in [0.2, 0.25) is 0 Å². The van der Waals surface area contributed by atoms with E-state index in [-0.39, 0.29) is 6.54 Å². The number of carbonyl (C=O) groups is 2. The van der Waals surface area contributed by atoms with Crippen molar-refractivity contribution in [3.63, 3.8) is 0 Å². The number of para-hydroxylation sites is 1. The molecule has 2 aliphatic heterocycles. The minimum atomic E-state index is -1.33. The number of imide groups is 1. The van der Waals surface area contributed by atoms with Crippen molar-refractivity contribution in [2.24, 2.45) is 0 Å². The number of β-amino-alcohol motifs (C(OH)–C–C–N with tert-alkyl or cyclic N) is 1. The van der Waals surface area contributed by atoms with Crippen LogP contribution in [-0.4, -0.2) is 72.2 Å². The lowest BCUT2D eigenvalue weighted by atomic mass is 9.82. The van der Waals surface area contributed by atoms with E-state index < -0.39 is 23.6 Å². The van der Waals surface area contributed by atoms with E-state index in [9.17, 15) is 20.0 Å². The molecular weight excluding hydrogens is 466 g/mol. The zero-order valence-electron chi connectivity index (χ0n) is 20.5. The number of urea groups is 1. The first-order valence-corrected chi connectivity index (χ1v) is 12.4. The van der Waals surface area contributed by atoms with E-state index in [1.165, 1.54) is 0 Å². The number of rotatable bonds is 7. The summed E-state index contributed by atoms with van der Waals surface area (Å²) in [5.41, 5.74) is 1.58. The summed E-state index contributed by atoms with van der Waals surface area (Å²) in [5, 5.41) is 23.2. The molecule has 0 aliphatic carbocycles. The Hall–Kier alpha value is -4.19. The molecule has 2 fully saturated rings. The fraction of sp³-hybridized carbons (Fsp3) is 0.276. The van der Waals surface area contributed by atoms with E-state index in [1.807, 2.05) is 84.9 Å². The zero-order chi connectivity index (χ0) is 25.8. The zero-order valence-corrected chi connectivity index (χ0v) is 20.5. The average Bonchev–Trinajstić information content (AvgIpc) is 3.20. The van der Waals surface area contributed by atoms with Crippen molar-refractivity contribution in [2.75, 3.05) is 44.2 Å². The lowest BCUT2D eigenvalue weighted by molar-refractivity contribution is -0.131. The number of carbonyl (C=O) groups excluding carboxylic acids is 2. The third-order valence-corrected chi connectivity index (χ3v) is 7.12. The fourth-order valence-corrected chi connectivity index (χ4v) is 5.26. The Balaban J connectivity index is 1.26. The van der Waals surface area contributed by atoms with Crippen molar-refractivity contribution in [2.45, 2.75) is 11.6 Å². The van der Waals surface area contributed by atoms with Crippen LogP contribution >= 0.6 is 0 Å². The second-order valence-corrected chi connectivity index (χ2v) is 9.40. The van der Waals surface area contributed by atoms with Crippen LogP contribution in [0, 0.1) is 11.3 Å². The molecule has 1 atom stereocenters. The number of benzene rings is 3. The SMILES string of the molecule is N#Cc1ccccc1N1CCN(CC(O)CN2C(=O)NC(c3ccccc3)(c3ccccc3)C2=O)CC1. The summed E-state index contributed by atoms with van der Waals surface area (Å²) < 4.78 is 0. The number of amides is 3. The molecule has 188 valence electrons. The Morgan fingerprint density at radius 2 is 1.41 bits per heavy atom. The highest BCUT2D eigenvalue weighted by Gasteiger charge is 2.53. The van der Waals surface area contributed by atoms with Gasteiger partial charge >= 0.3 is 6.03 Å². The summed E-state index contributed by atoms with van der Waals surface area (Å²) in [4.78, 5) is 32.3. The van der Waals surface area contributed by atoms with Gasteiger partial charge in [0.05, 0.1) is 23.9 Å². The van der Waals surface area contributed by atoms with Crippen LogP contribution < -0.4 is 10.2 Å². The van der Waals surface area contributed by atoms with Crippen LogP contribution in [0.3, 0.4) is 0 Å². The highest BCUT2D eigenvalue weighted by Crippen LogP contribution is 2.36. The molecular formula is C29H29N5O3. The smallest absolute Gasteiger partial charge is 0.325 e. The molecule has 3 aromatic rings. The van der Waals surface area contributed by atoms with Gasteiger partial charge in [-0.2, -0.15) is 5.26 Å². The highest BCUT2D eigenvalue weighted by molar-refractivity contribution is 6.09. The second-order valence-electron chi connectivity index (χ2n) is 9.40. The molecule has 2 saturated heterocycles. The minimum absolute atomic E-state index is 0.0937. The van der Waals surface area contributed by atoms with E-state index >= 15 is 0 Å². The maximum Gasteiger partial charge on any atom is 0.325 e. The Morgan fingerprint density at radius 1 is 0.838 bits per heavy atom. The van der Waals surface area contributed by atoms with Gasteiger partial charge in [0, 0.05) is 32.7 Å². The van der Waals surface area contributed by atoms with E-state index in [0.29, 0.717) is 36.3 Å². The molecule has 8 nitrogen and oxygen atoms in total. The lowest BCUT2D eigenvalue weighted by Gasteiger charge is -2.37. The third kappa shape index (κ3) is 4.67. The van der Waals surface area contributed by atoms with Crippen LogP contribution in [-0.2, 0) is 10.3 Å². The maximum absolute atomic E-state index is 13.8. The molecule has 8 heteroatoms. The molecule has 5 rings (SSSR count). The van der Waals surface area contributed by atoms with Crippen molar-refractivity contribution in [3.05, 3.63) is 102 Å². The number of nitrogens with zero attached hydrogens (tertiary/aromatic N) is 4. The van der Waals surface area contributed by atoms with Gasteiger partial charge in [0.25, 0.3) is 5.91 Å². The molecule has 0 saturated carbocycles. The van der Waals surface area contributed by atoms with E-state index in [2.05, 4.69) is 21.2 Å². The number of aliphatic hydroxyl groups is 1. The van der Waals surface area contributed by atoms with Gasteiger partial charge in [-0.1, -0.05) is 72.8 Å². The minimum Gasteiger partial charge on any atom is -0.390 e. The van der Waals surface area contributed by atoms with E-state index in [0.717, 1.165) is 23.7 Å². The van der Waals surface area contributed by atoms with Crippen LogP contribution in [0.1, 0.15) is 16.7 Å². The van der Waals surface area contributed by atoms with Crippen molar-refractivity contribution < 1.29 is 14.7 Å². The van der Waals surface area contributed by atoms with Gasteiger partial charge < -0.3 is 15.3 Å². The summed E-state index contributed by atoms with van der Waals surface area (Å²) in [7, 11) is 0. The standard InChI is InChI=1S/C29H29N5O3/c30-19-22-9-7-8-14-26(22)33-17-15-32(16-18-33)20-25(35)21-34-27(36)29(31-28(34)37,23-10-3-1-4-11-23)24-12-5-2-6-13-24/h1-14,25,35H,15-18,20-21H2,(H,31,37). The van der Waals surface area contributed by atoms with Gasteiger partial charge in [-0.25, -0.2) is 4.79 Å². The maximum atomic E-state index is 13.8. The number of anilines is 1. The summed E-state index contributed by atoms with van der Waals surface area (Å²) >= 11 is 0. The molecule has 37 heavy (non-hydrogen) atoms. The van der Waals surface area contributed by atoms with Crippen molar-refractivity contribution in [1.29, 1.82) is 5.26 Å². The summed E-state index contributed by atoms with van der Waals surface area (Å²) in [6, 6.07) is 27.7. The first-order chi connectivity index (χ1) is 18.0. The predicted octanol–water partition coefficient (Wildman–Crippen LogP) is 2.54. The Bertz CT molecular complexity index is 1260. The normalized spacial score (nSPS) is 18.4. The first kappa shape index (κ1) is 24.5. The fourth-order valence-electron chi connectivity index (χ4n) is 5.26. The Morgan fingerprint density at radius 3 is 2.00 bits per heavy atom. The summed E-state index contributed by atoms with van der Waals surface area (Å²) in [6.45, 7) is 3.10. The molecule has 0 bridgehead atoms. The van der Waals surface area contributed by atoms with Crippen LogP contribution in [0.2, 0.25) is 0 Å². The molecule has 0 radical (unpaired) electrons. The molecule has 2 aliphatic rings. The van der Waals surface area contributed by atoms with Gasteiger partial charge in [-0.15, -0.1) is 0 Å². The van der Waals surface area contributed by atoms with Crippen molar-refractivity contribution in [1.82, 2.24) is 15.1 Å². The summed E-state index contributed by atoms with van der Waals surface area (Å²) in [5.74, 6) is -0.396. The number of hydrogen-bond donors (Lipinski definition) is 2. The first-order valence-electron chi connectivity index (χ1n) is 12.4. The van der Waals surface area contributed by atoms with Gasteiger partial charge in [0.15, 0.2) is 5.54 Å². The topological polar surface area (TPSA) is 99.9 Å². The molecule has 2 heterocycles. The van der Waals surface area contributed by atoms with Crippen LogP contribution in [0.5, 0.6) is 0 Å². The van der Waals surface area contributed by atoms with Crippen LogP contribution in [0.4, 0.5) is 10.5 Å². The van der Waals surface area contributed by atoms with E-state index in [1.54, 1.807) is 0 Å². The lowest BCUT2D eigenvalue weighted by Crippen LogP contribution is -2.51. The number of piperazine rings is 1. The number of nitrogens with one attached hydrogen (secondary N) is 1. The average molecular weight is 496 g/mol. The number of hydrogen-bond acceptors (Lipinski definition) is 6. The Kier molecular flexibility index (Phi) is 6.91. The summed E-state index contributed by atoms with van der Waals surface area (Å²) in [6.07, 6.45) is -0.894.